The van der Waals surface area contributed by atoms with Gasteiger partial charge in [-0.05, 0) is 44.1 Å². The zero-order valence-corrected chi connectivity index (χ0v) is 19.2. The molecule has 2 aliphatic rings. The third-order valence-corrected chi connectivity index (χ3v) is 7.99. The fourth-order valence-corrected chi connectivity index (χ4v) is 6.71. The molecule has 0 aromatic heterocycles. The SMILES string of the molecule is CC(C)(C)OC(=O)NC(C(=O)N1CC2(C[C@H]1C(=O)O)SCCCS2)C(C)(C)C. The van der Waals surface area contributed by atoms with Gasteiger partial charge in [0.25, 0.3) is 0 Å². The van der Waals surface area contributed by atoms with Crippen LogP contribution in [0.4, 0.5) is 4.79 Å². The van der Waals surface area contributed by atoms with Gasteiger partial charge in [-0.25, -0.2) is 9.59 Å². The molecule has 2 aliphatic heterocycles. The molecule has 0 aromatic rings. The molecule has 2 fully saturated rings. The second-order valence-electron chi connectivity index (χ2n) is 9.43. The maximum absolute atomic E-state index is 13.4. The van der Waals surface area contributed by atoms with Crippen LogP contribution in [-0.4, -0.2) is 67.8 Å². The number of carbonyl (C=O) groups excluding carboxylic acids is 2. The Balaban J connectivity index is 2.24. The number of carbonyl (C=O) groups is 3. The van der Waals surface area contributed by atoms with Gasteiger partial charge in [-0.2, -0.15) is 0 Å². The summed E-state index contributed by atoms with van der Waals surface area (Å²) in [6.45, 7) is 11.2. The molecule has 7 nitrogen and oxygen atoms in total. The summed E-state index contributed by atoms with van der Waals surface area (Å²) in [5.41, 5.74) is -1.29. The Bertz CT molecular complexity index is 621. The van der Waals surface area contributed by atoms with E-state index in [9.17, 15) is 19.5 Å². The lowest BCUT2D eigenvalue weighted by atomic mass is 9.85. The second-order valence-corrected chi connectivity index (χ2v) is 12.6. The third-order valence-electron chi connectivity index (χ3n) is 4.65. The van der Waals surface area contributed by atoms with E-state index < -0.39 is 35.2 Å². The number of carboxylic acids is 1. The van der Waals surface area contributed by atoms with E-state index in [1.807, 2.05) is 20.8 Å². The average molecular weight is 433 g/mol. The zero-order valence-electron chi connectivity index (χ0n) is 17.5. The molecule has 2 heterocycles. The van der Waals surface area contributed by atoms with Crippen molar-refractivity contribution < 1.29 is 24.2 Å². The minimum Gasteiger partial charge on any atom is -0.480 e. The van der Waals surface area contributed by atoms with Gasteiger partial charge in [0.15, 0.2) is 0 Å². The van der Waals surface area contributed by atoms with Crippen molar-refractivity contribution >= 4 is 41.5 Å². The van der Waals surface area contributed by atoms with Crippen LogP contribution in [0.1, 0.15) is 54.4 Å². The monoisotopic (exact) mass is 432 g/mol. The Morgan fingerprint density at radius 1 is 1.14 bits per heavy atom. The summed E-state index contributed by atoms with van der Waals surface area (Å²) in [4.78, 5) is 39.1. The molecule has 2 amide bonds. The van der Waals surface area contributed by atoms with Crippen LogP contribution in [0.25, 0.3) is 0 Å². The Labute approximate surface area is 175 Å². The molecule has 2 rings (SSSR count). The minimum absolute atomic E-state index is 0.273. The number of hydrogen-bond acceptors (Lipinski definition) is 6. The van der Waals surface area contributed by atoms with Gasteiger partial charge in [0.1, 0.15) is 17.7 Å². The van der Waals surface area contributed by atoms with Crippen LogP contribution in [0.5, 0.6) is 0 Å². The van der Waals surface area contributed by atoms with E-state index in [0.29, 0.717) is 13.0 Å². The van der Waals surface area contributed by atoms with Gasteiger partial charge in [-0.1, -0.05) is 20.8 Å². The number of likely N-dealkylation sites (tertiary alicyclic amines) is 1. The molecule has 0 aliphatic carbocycles. The molecule has 2 saturated heterocycles. The van der Waals surface area contributed by atoms with Gasteiger partial charge in [0, 0.05) is 13.0 Å². The first-order valence-corrected chi connectivity index (χ1v) is 11.5. The van der Waals surface area contributed by atoms with Crippen molar-refractivity contribution in [2.24, 2.45) is 5.41 Å². The predicted octanol–water partition coefficient (Wildman–Crippen LogP) is 3.18. The molecule has 160 valence electrons. The summed E-state index contributed by atoms with van der Waals surface area (Å²) in [5.74, 6) is 0.580. The molecule has 9 heteroatoms. The maximum Gasteiger partial charge on any atom is 0.408 e. The van der Waals surface area contributed by atoms with Gasteiger partial charge >= 0.3 is 12.1 Å². The summed E-state index contributed by atoms with van der Waals surface area (Å²) >= 11 is 3.50. The fraction of sp³-hybridized carbons (Fsp3) is 0.842. The molecular formula is C19H32N2O5S2. The van der Waals surface area contributed by atoms with Crippen LogP contribution < -0.4 is 5.32 Å². The van der Waals surface area contributed by atoms with Crippen LogP contribution in [0.2, 0.25) is 0 Å². The molecule has 1 spiro atoms. The highest BCUT2D eigenvalue weighted by molar-refractivity contribution is 8.18. The number of thioether (sulfide) groups is 2. The summed E-state index contributed by atoms with van der Waals surface area (Å²) < 4.78 is 5.04. The van der Waals surface area contributed by atoms with Gasteiger partial charge in [-0.15, -0.1) is 23.5 Å². The topological polar surface area (TPSA) is 95.9 Å². The number of ether oxygens (including phenoxy) is 1. The van der Waals surface area contributed by atoms with E-state index in [1.165, 1.54) is 4.90 Å². The molecule has 0 saturated carbocycles. The minimum atomic E-state index is -0.998. The molecule has 1 unspecified atom stereocenters. The highest BCUT2D eigenvalue weighted by Crippen LogP contribution is 2.50. The van der Waals surface area contributed by atoms with Crippen molar-refractivity contribution in [2.45, 2.75) is 76.1 Å². The number of nitrogens with zero attached hydrogens (tertiary/aromatic N) is 1. The predicted molar refractivity (Wildman–Crippen MR) is 113 cm³/mol. The molecule has 2 atom stereocenters. The molecule has 0 bridgehead atoms. The average Bonchev–Trinajstić information content (AvgIpc) is 2.89. The van der Waals surface area contributed by atoms with Crippen molar-refractivity contribution in [2.75, 3.05) is 18.1 Å². The number of aliphatic carboxylic acids is 1. The maximum atomic E-state index is 13.4. The number of amides is 2. The van der Waals surface area contributed by atoms with Crippen molar-refractivity contribution in [3.63, 3.8) is 0 Å². The van der Waals surface area contributed by atoms with Crippen LogP contribution in [0.15, 0.2) is 0 Å². The molecule has 0 radical (unpaired) electrons. The normalized spacial score (nSPS) is 23.4. The van der Waals surface area contributed by atoms with E-state index in [4.69, 9.17) is 4.74 Å². The van der Waals surface area contributed by atoms with E-state index in [1.54, 1.807) is 44.3 Å². The van der Waals surface area contributed by atoms with Crippen molar-refractivity contribution in [1.29, 1.82) is 0 Å². The second kappa shape index (κ2) is 8.34. The van der Waals surface area contributed by atoms with E-state index in [0.717, 1.165) is 17.9 Å². The smallest absolute Gasteiger partial charge is 0.408 e. The lowest BCUT2D eigenvalue weighted by Crippen LogP contribution is -2.57. The first-order valence-electron chi connectivity index (χ1n) is 9.55. The van der Waals surface area contributed by atoms with E-state index in [-0.39, 0.29) is 9.99 Å². The number of nitrogens with one attached hydrogen (secondary N) is 1. The highest BCUT2D eigenvalue weighted by atomic mass is 32.2. The van der Waals surface area contributed by atoms with Crippen molar-refractivity contribution in [3.8, 4) is 0 Å². The van der Waals surface area contributed by atoms with Gasteiger partial charge in [0.2, 0.25) is 5.91 Å². The standard InChI is InChI=1S/C19H32N2O5S2/c1-17(2,3)13(20-16(25)26-18(4,5)6)14(22)21-11-19(10-12(21)15(23)24)27-8-7-9-28-19/h12-13H,7-11H2,1-6H3,(H,20,25)(H,23,24)/t12-,13?/m0/s1. The van der Waals surface area contributed by atoms with Gasteiger partial charge < -0.3 is 20.1 Å². The van der Waals surface area contributed by atoms with Gasteiger partial charge in [0.05, 0.1) is 4.08 Å². The number of carboxylic acid groups (broad SMARTS) is 1. The Morgan fingerprint density at radius 2 is 1.71 bits per heavy atom. The summed E-state index contributed by atoms with van der Waals surface area (Å²) in [6.07, 6.45) is 0.836. The number of hydrogen-bond donors (Lipinski definition) is 2. The molecular weight excluding hydrogens is 400 g/mol. The van der Waals surface area contributed by atoms with Crippen LogP contribution in [0, 0.1) is 5.41 Å². The quantitative estimate of drug-likeness (QED) is 0.707. The largest absolute Gasteiger partial charge is 0.480 e. The zero-order chi connectivity index (χ0) is 21.3. The van der Waals surface area contributed by atoms with Gasteiger partial charge in [-0.3, -0.25) is 4.79 Å². The van der Waals surface area contributed by atoms with Crippen LogP contribution >= 0.6 is 23.5 Å². The van der Waals surface area contributed by atoms with Crippen molar-refractivity contribution in [1.82, 2.24) is 10.2 Å². The number of rotatable bonds is 3. The summed E-state index contributed by atoms with van der Waals surface area (Å²) in [5, 5.41) is 12.4. The third kappa shape index (κ3) is 5.72. The van der Waals surface area contributed by atoms with Crippen molar-refractivity contribution in [3.05, 3.63) is 0 Å². The molecule has 2 N–H and O–H groups in total. The summed E-state index contributed by atoms with van der Waals surface area (Å²) in [7, 11) is 0. The Hall–Kier alpha value is -1.09. The van der Waals surface area contributed by atoms with E-state index >= 15 is 0 Å². The van der Waals surface area contributed by atoms with E-state index in [2.05, 4.69) is 5.32 Å². The number of alkyl carbamates (subject to hydrolysis) is 1. The fourth-order valence-electron chi connectivity index (χ4n) is 3.36. The van der Waals surface area contributed by atoms with Crippen LogP contribution in [-0.2, 0) is 14.3 Å². The molecule has 0 aromatic carbocycles. The lowest BCUT2D eigenvalue weighted by molar-refractivity contribution is -0.150. The summed E-state index contributed by atoms with van der Waals surface area (Å²) in [6, 6.07) is -1.76. The van der Waals surface area contributed by atoms with Crippen LogP contribution in [0.3, 0.4) is 0 Å². The lowest BCUT2D eigenvalue weighted by Gasteiger charge is -2.36. The molecule has 28 heavy (non-hydrogen) atoms. The Kier molecular flexibility index (Phi) is 6.91. The first-order chi connectivity index (χ1) is 12.7. The first kappa shape index (κ1) is 23.2. The highest BCUT2D eigenvalue weighted by Gasteiger charge is 2.52. The Morgan fingerprint density at radius 3 is 2.18 bits per heavy atom.